The first-order valence-corrected chi connectivity index (χ1v) is 14.4. The van der Waals surface area contributed by atoms with Gasteiger partial charge >= 0.3 is 18.0 Å². The molecule has 5 N–H and O–H groups in total. The van der Waals surface area contributed by atoms with Crippen LogP contribution in [0, 0.1) is 0 Å². The minimum atomic E-state index is -1.26. The standard InChI is InChI=1S/C29H29Cl2N5O7/c30-19-8-7-15(10-20(19)31)33-29(43)36-14-22-18(17-4-1-2-5-21(17)34-22)13-24(36)28(42)35-9-3-6-23(35)27(41)32-16(11-25(37)38)12-26(39)40/h1-2,4-5,7-8,10,16,23-24,34H,3,6,9,11-14H2,(H,32,41)(H,33,43)(H,37,38)(H,39,40)/t23-,24+/m0/s1. The Hall–Kier alpha value is -4.29. The zero-order valence-corrected chi connectivity index (χ0v) is 24.3. The summed E-state index contributed by atoms with van der Waals surface area (Å²) < 4.78 is 0. The number of aromatic nitrogens is 1. The zero-order valence-electron chi connectivity index (χ0n) is 22.8. The first-order chi connectivity index (χ1) is 20.5. The van der Waals surface area contributed by atoms with Crippen molar-refractivity contribution < 1.29 is 34.2 Å². The highest BCUT2D eigenvalue weighted by Gasteiger charge is 2.43. The monoisotopic (exact) mass is 629 g/mol. The third-order valence-corrected chi connectivity index (χ3v) is 8.49. The van der Waals surface area contributed by atoms with E-state index in [-0.39, 0.29) is 24.5 Å². The minimum absolute atomic E-state index is 0.0948. The van der Waals surface area contributed by atoms with Gasteiger partial charge in [0.2, 0.25) is 11.8 Å². The number of nitrogens with zero attached hydrogens (tertiary/aromatic N) is 2. The summed E-state index contributed by atoms with van der Waals surface area (Å²) in [6, 6.07) is 8.67. The van der Waals surface area contributed by atoms with E-state index in [0.717, 1.165) is 22.2 Å². The van der Waals surface area contributed by atoms with Gasteiger partial charge in [-0.2, -0.15) is 0 Å². The third-order valence-electron chi connectivity index (χ3n) is 7.75. The molecule has 1 fully saturated rings. The van der Waals surface area contributed by atoms with Gasteiger partial charge in [-0.3, -0.25) is 19.2 Å². The van der Waals surface area contributed by atoms with Gasteiger partial charge in [0.25, 0.3) is 0 Å². The summed E-state index contributed by atoms with van der Waals surface area (Å²) in [5.74, 6) is -3.59. The maximum Gasteiger partial charge on any atom is 0.322 e. The average molecular weight is 630 g/mol. The van der Waals surface area contributed by atoms with Gasteiger partial charge in [0, 0.05) is 41.3 Å². The molecule has 2 aliphatic heterocycles. The number of halogens is 2. The summed E-state index contributed by atoms with van der Waals surface area (Å²) in [4.78, 5) is 69.7. The van der Waals surface area contributed by atoms with Crippen LogP contribution in [-0.2, 0) is 32.1 Å². The molecule has 0 saturated carbocycles. The number of hydrogen-bond donors (Lipinski definition) is 5. The summed E-state index contributed by atoms with van der Waals surface area (Å²) in [5.41, 5.74) is 2.94. The van der Waals surface area contributed by atoms with E-state index in [9.17, 15) is 34.2 Å². The van der Waals surface area contributed by atoms with Gasteiger partial charge in [-0.15, -0.1) is 0 Å². The molecule has 226 valence electrons. The molecule has 2 aromatic carbocycles. The normalized spacial score (nSPS) is 18.0. The van der Waals surface area contributed by atoms with Crippen molar-refractivity contribution in [3.05, 3.63) is 63.8 Å². The largest absolute Gasteiger partial charge is 0.481 e. The van der Waals surface area contributed by atoms with Gasteiger partial charge in [0.1, 0.15) is 12.1 Å². The van der Waals surface area contributed by atoms with Crippen LogP contribution in [0.4, 0.5) is 10.5 Å². The number of benzene rings is 2. The van der Waals surface area contributed by atoms with E-state index in [1.165, 1.54) is 15.9 Å². The van der Waals surface area contributed by atoms with Gasteiger partial charge in [0.05, 0.1) is 29.4 Å². The molecular weight excluding hydrogens is 601 g/mol. The van der Waals surface area contributed by atoms with Crippen LogP contribution in [0.15, 0.2) is 42.5 Å². The molecule has 2 atom stereocenters. The lowest BCUT2D eigenvalue weighted by Gasteiger charge is -2.38. The Morgan fingerprint density at radius 1 is 0.953 bits per heavy atom. The molecule has 43 heavy (non-hydrogen) atoms. The van der Waals surface area contributed by atoms with Crippen LogP contribution in [0.3, 0.4) is 0 Å². The van der Waals surface area contributed by atoms with Crippen molar-refractivity contribution in [2.24, 2.45) is 0 Å². The number of nitrogens with one attached hydrogen (secondary N) is 3. The number of amides is 4. The number of anilines is 1. The van der Waals surface area contributed by atoms with Crippen LogP contribution in [0.1, 0.15) is 36.9 Å². The molecule has 1 aromatic heterocycles. The Labute approximate surface area is 255 Å². The number of carboxylic acid groups (broad SMARTS) is 2. The topological polar surface area (TPSA) is 172 Å². The predicted octanol–water partition coefficient (Wildman–Crippen LogP) is 3.86. The van der Waals surface area contributed by atoms with Crippen LogP contribution in [0.5, 0.6) is 0 Å². The van der Waals surface area contributed by atoms with Crippen LogP contribution >= 0.6 is 23.2 Å². The number of carboxylic acids is 2. The first-order valence-electron chi connectivity index (χ1n) is 13.7. The molecule has 3 aromatic rings. The number of urea groups is 1. The molecule has 0 spiro atoms. The summed E-state index contributed by atoms with van der Waals surface area (Å²) in [6.07, 6.45) is -0.142. The summed E-state index contributed by atoms with van der Waals surface area (Å²) >= 11 is 12.2. The van der Waals surface area contributed by atoms with E-state index in [2.05, 4.69) is 15.6 Å². The molecule has 12 nitrogen and oxygen atoms in total. The van der Waals surface area contributed by atoms with Crippen molar-refractivity contribution >= 4 is 69.6 Å². The van der Waals surface area contributed by atoms with Gasteiger partial charge in [-0.25, -0.2) is 4.79 Å². The summed E-state index contributed by atoms with van der Waals surface area (Å²) in [5, 5.41) is 25.1. The van der Waals surface area contributed by atoms with Crippen molar-refractivity contribution in [2.75, 3.05) is 11.9 Å². The Bertz CT molecular complexity index is 1590. The van der Waals surface area contributed by atoms with Gasteiger partial charge in [0.15, 0.2) is 0 Å². The van der Waals surface area contributed by atoms with Crippen molar-refractivity contribution in [1.29, 1.82) is 0 Å². The van der Waals surface area contributed by atoms with Crippen LogP contribution in [0.2, 0.25) is 10.0 Å². The predicted molar refractivity (Wildman–Crippen MR) is 158 cm³/mol. The lowest BCUT2D eigenvalue weighted by atomic mass is 9.95. The quantitative estimate of drug-likeness (QED) is 0.252. The number of likely N-dealkylation sites (tertiary alicyclic amines) is 1. The smallest absolute Gasteiger partial charge is 0.322 e. The zero-order chi connectivity index (χ0) is 30.8. The lowest BCUT2D eigenvalue weighted by Crippen LogP contribution is -2.58. The van der Waals surface area contributed by atoms with E-state index in [1.807, 2.05) is 24.3 Å². The van der Waals surface area contributed by atoms with Crippen molar-refractivity contribution in [3.8, 4) is 0 Å². The molecule has 0 bridgehead atoms. The number of hydrogen-bond acceptors (Lipinski definition) is 5. The third kappa shape index (κ3) is 6.55. The fourth-order valence-corrected chi connectivity index (χ4v) is 6.10. The highest BCUT2D eigenvalue weighted by Crippen LogP contribution is 2.33. The number of rotatable bonds is 8. The van der Waals surface area contributed by atoms with E-state index < -0.39 is 60.8 Å². The summed E-state index contributed by atoms with van der Waals surface area (Å²) in [6.45, 7) is 0.344. The molecule has 0 aliphatic carbocycles. The molecule has 5 rings (SSSR count). The molecule has 14 heteroatoms. The molecule has 1 saturated heterocycles. The molecular formula is C29H29Cl2N5O7. The number of carbonyl (C=O) groups excluding carboxylic acids is 3. The number of fused-ring (bicyclic) bond motifs is 3. The minimum Gasteiger partial charge on any atom is -0.481 e. The SMILES string of the molecule is O=C(O)CC(CC(=O)O)NC(=O)[C@@H]1CCCN1C(=O)[C@H]1Cc2c([nH]c3ccccc23)CN1C(=O)Nc1ccc(Cl)c(Cl)c1. The lowest BCUT2D eigenvalue weighted by molar-refractivity contribution is -0.144. The molecule has 0 unspecified atom stereocenters. The molecule has 0 radical (unpaired) electrons. The Morgan fingerprint density at radius 3 is 2.37 bits per heavy atom. The highest BCUT2D eigenvalue weighted by atomic mass is 35.5. The van der Waals surface area contributed by atoms with Gasteiger partial charge < -0.3 is 35.6 Å². The van der Waals surface area contributed by atoms with E-state index in [1.54, 1.807) is 12.1 Å². The van der Waals surface area contributed by atoms with E-state index >= 15 is 0 Å². The fourth-order valence-electron chi connectivity index (χ4n) is 5.80. The number of H-pyrrole nitrogens is 1. The van der Waals surface area contributed by atoms with Gasteiger partial charge in [-0.1, -0.05) is 41.4 Å². The van der Waals surface area contributed by atoms with Crippen LogP contribution in [-0.4, -0.2) is 79.5 Å². The van der Waals surface area contributed by atoms with Crippen molar-refractivity contribution in [1.82, 2.24) is 20.1 Å². The number of carbonyl (C=O) groups is 5. The highest BCUT2D eigenvalue weighted by molar-refractivity contribution is 6.42. The first kappa shape index (κ1) is 30.2. The summed E-state index contributed by atoms with van der Waals surface area (Å²) in [7, 11) is 0. The van der Waals surface area contributed by atoms with Crippen molar-refractivity contribution in [3.63, 3.8) is 0 Å². The Kier molecular flexibility index (Phi) is 8.79. The second-order valence-electron chi connectivity index (χ2n) is 10.6. The van der Waals surface area contributed by atoms with Gasteiger partial charge in [-0.05, 0) is 42.7 Å². The van der Waals surface area contributed by atoms with E-state index in [0.29, 0.717) is 23.6 Å². The van der Waals surface area contributed by atoms with Crippen LogP contribution in [0.25, 0.3) is 10.9 Å². The number of para-hydroxylation sites is 1. The molecule has 2 aliphatic rings. The number of aromatic amines is 1. The van der Waals surface area contributed by atoms with E-state index in [4.69, 9.17) is 23.2 Å². The Morgan fingerprint density at radius 2 is 1.67 bits per heavy atom. The maximum absolute atomic E-state index is 14.2. The number of aliphatic carboxylic acids is 2. The average Bonchev–Trinajstić information content (AvgIpc) is 3.58. The fraction of sp³-hybridized carbons (Fsp3) is 0.345. The Balaban J connectivity index is 1.42. The van der Waals surface area contributed by atoms with Crippen molar-refractivity contribution in [2.45, 2.75) is 56.8 Å². The van der Waals surface area contributed by atoms with Crippen LogP contribution < -0.4 is 10.6 Å². The maximum atomic E-state index is 14.2. The second kappa shape index (κ2) is 12.5. The second-order valence-corrected chi connectivity index (χ2v) is 11.4. The molecule has 3 heterocycles. The molecule has 4 amide bonds.